The van der Waals surface area contributed by atoms with Crippen LogP contribution in [0.5, 0.6) is 0 Å². The summed E-state index contributed by atoms with van der Waals surface area (Å²) in [6, 6.07) is 8.17. The monoisotopic (exact) mass is 463 g/mol. The van der Waals surface area contributed by atoms with Gasteiger partial charge in [0.05, 0.1) is 11.1 Å². The molecule has 164 valence electrons. The molecule has 4 heterocycles. The molecular formula is C24H25N5OS2. The molecule has 1 atom stereocenters. The SMILES string of the molecule is CCc1nc2sc3c(c2c2nnc(SCC(=O)N4CCc5ccccc54)n12)CC[C@H](C)C3. The summed E-state index contributed by atoms with van der Waals surface area (Å²) in [7, 11) is 0. The standard InChI is InChI=1S/C24H25N5OS2/c1-3-19-25-23-21(16-9-8-14(2)12-18(16)32-23)22-26-27-24(29(19)22)31-13-20(30)28-11-10-15-6-4-5-7-17(15)28/h4-7,14H,3,8-13H2,1-2H3/t14-/m0/s1. The number of nitrogens with zero attached hydrogens (tertiary/aromatic N) is 5. The summed E-state index contributed by atoms with van der Waals surface area (Å²) in [6.45, 7) is 5.19. The van der Waals surface area contributed by atoms with Crippen LogP contribution in [0.15, 0.2) is 29.4 Å². The number of carbonyl (C=O) groups is 1. The molecule has 1 amide bonds. The number of amides is 1. The van der Waals surface area contributed by atoms with E-state index in [2.05, 4.69) is 34.5 Å². The Balaban J connectivity index is 1.34. The minimum atomic E-state index is 0.116. The second-order valence-electron chi connectivity index (χ2n) is 8.77. The average Bonchev–Trinajstić information content (AvgIpc) is 3.51. The maximum atomic E-state index is 13.0. The quantitative estimate of drug-likeness (QED) is 0.410. The van der Waals surface area contributed by atoms with E-state index in [0.717, 1.165) is 65.3 Å². The van der Waals surface area contributed by atoms with Crippen LogP contribution < -0.4 is 4.90 Å². The van der Waals surface area contributed by atoms with Crippen LogP contribution in [0, 0.1) is 5.92 Å². The maximum absolute atomic E-state index is 13.0. The Kier molecular flexibility index (Phi) is 4.95. The molecule has 3 aromatic heterocycles. The van der Waals surface area contributed by atoms with Gasteiger partial charge in [0.25, 0.3) is 0 Å². The minimum Gasteiger partial charge on any atom is -0.311 e. The number of para-hydroxylation sites is 1. The normalized spacial score (nSPS) is 17.8. The predicted octanol–water partition coefficient (Wildman–Crippen LogP) is 4.71. The second kappa shape index (κ2) is 7.85. The van der Waals surface area contributed by atoms with Gasteiger partial charge in [0, 0.05) is 23.5 Å². The Morgan fingerprint density at radius 1 is 1.25 bits per heavy atom. The fourth-order valence-corrected chi connectivity index (χ4v) is 7.23. The van der Waals surface area contributed by atoms with Crippen molar-refractivity contribution < 1.29 is 4.79 Å². The first-order valence-corrected chi connectivity index (χ1v) is 13.1. The lowest BCUT2D eigenvalue weighted by atomic mass is 9.89. The van der Waals surface area contributed by atoms with Crippen molar-refractivity contribution in [2.75, 3.05) is 17.2 Å². The predicted molar refractivity (Wildman–Crippen MR) is 130 cm³/mol. The van der Waals surface area contributed by atoms with E-state index in [0.29, 0.717) is 5.75 Å². The van der Waals surface area contributed by atoms with Crippen molar-refractivity contribution in [3.63, 3.8) is 0 Å². The van der Waals surface area contributed by atoms with Crippen molar-refractivity contribution in [1.29, 1.82) is 0 Å². The summed E-state index contributed by atoms with van der Waals surface area (Å²) in [5.74, 6) is 2.15. The highest BCUT2D eigenvalue weighted by Gasteiger charge is 2.27. The first-order chi connectivity index (χ1) is 15.6. The van der Waals surface area contributed by atoms with Gasteiger partial charge in [0.1, 0.15) is 10.7 Å². The molecule has 6 rings (SSSR count). The number of thiophene rings is 1. The number of thioether (sulfide) groups is 1. The van der Waals surface area contributed by atoms with Crippen molar-refractivity contribution >= 4 is 50.6 Å². The van der Waals surface area contributed by atoms with Crippen molar-refractivity contribution in [3.8, 4) is 0 Å². The molecule has 0 saturated heterocycles. The van der Waals surface area contributed by atoms with Crippen molar-refractivity contribution in [2.45, 2.75) is 51.1 Å². The molecule has 0 N–H and O–H groups in total. The van der Waals surface area contributed by atoms with Gasteiger partial charge in [0.15, 0.2) is 10.8 Å². The van der Waals surface area contributed by atoms with E-state index < -0.39 is 0 Å². The average molecular weight is 464 g/mol. The molecule has 1 aromatic carbocycles. The van der Waals surface area contributed by atoms with Gasteiger partial charge in [-0.3, -0.25) is 9.20 Å². The largest absolute Gasteiger partial charge is 0.311 e. The third-order valence-corrected chi connectivity index (χ3v) is 8.73. The van der Waals surface area contributed by atoms with Gasteiger partial charge >= 0.3 is 0 Å². The first-order valence-electron chi connectivity index (χ1n) is 11.3. The van der Waals surface area contributed by atoms with Gasteiger partial charge in [-0.15, -0.1) is 21.5 Å². The molecule has 8 heteroatoms. The van der Waals surface area contributed by atoms with Crippen LogP contribution >= 0.6 is 23.1 Å². The highest BCUT2D eigenvalue weighted by molar-refractivity contribution is 7.99. The zero-order valence-electron chi connectivity index (χ0n) is 18.3. The van der Waals surface area contributed by atoms with E-state index in [1.165, 1.54) is 39.6 Å². The van der Waals surface area contributed by atoms with E-state index in [1.807, 2.05) is 34.4 Å². The smallest absolute Gasteiger partial charge is 0.237 e. The van der Waals surface area contributed by atoms with Crippen LogP contribution in [0.1, 0.15) is 42.1 Å². The molecule has 6 nitrogen and oxygen atoms in total. The van der Waals surface area contributed by atoms with Crippen LogP contribution in [0.3, 0.4) is 0 Å². The van der Waals surface area contributed by atoms with Crippen LogP contribution in [0.25, 0.3) is 15.9 Å². The van der Waals surface area contributed by atoms with Crippen molar-refractivity contribution in [1.82, 2.24) is 19.6 Å². The summed E-state index contributed by atoms with van der Waals surface area (Å²) in [6.07, 6.45) is 5.14. The van der Waals surface area contributed by atoms with Crippen LogP contribution in [-0.2, 0) is 30.5 Å². The highest BCUT2D eigenvalue weighted by Crippen LogP contribution is 2.40. The number of aromatic nitrogens is 4. The van der Waals surface area contributed by atoms with Gasteiger partial charge in [-0.1, -0.05) is 43.8 Å². The van der Waals surface area contributed by atoms with E-state index >= 15 is 0 Å². The van der Waals surface area contributed by atoms with E-state index in [4.69, 9.17) is 4.98 Å². The van der Waals surface area contributed by atoms with Gasteiger partial charge in [0.2, 0.25) is 5.91 Å². The number of fused-ring (bicyclic) bond motifs is 6. The maximum Gasteiger partial charge on any atom is 0.237 e. The Labute approximate surface area is 195 Å². The zero-order valence-corrected chi connectivity index (χ0v) is 19.9. The molecule has 0 unspecified atom stereocenters. The number of carbonyl (C=O) groups excluding carboxylic acids is 1. The van der Waals surface area contributed by atoms with E-state index in [-0.39, 0.29) is 5.91 Å². The third-order valence-electron chi connectivity index (χ3n) is 6.67. The van der Waals surface area contributed by atoms with E-state index in [9.17, 15) is 4.79 Å². The lowest BCUT2D eigenvalue weighted by Crippen LogP contribution is -2.30. The van der Waals surface area contributed by atoms with Gasteiger partial charge in [-0.05, 0) is 48.8 Å². The molecule has 0 radical (unpaired) electrons. The van der Waals surface area contributed by atoms with Gasteiger partial charge < -0.3 is 4.90 Å². The fourth-order valence-electron chi connectivity index (χ4n) is 5.01. The van der Waals surface area contributed by atoms with Crippen molar-refractivity contribution in [3.05, 3.63) is 46.1 Å². The molecule has 0 bridgehead atoms. The molecule has 1 aliphatic heterocycles. The summed E-state index contributed by atoms with van der Waals surface area (Å²) < 4.78 is 2.09. The number of aryl methyl sites for hydroxylation is 2. The number of hydrogen-bond acceptors (Lipinski definition) is 6. The lowest BCUT2D eigenvalue weighted by Gasteiger charge is -2.17. The molecule has 4 aromatic rings. The topological polar surface area (TPSA) is 63.4 Å². The number of rotatable bonds is 4. The fraction of sp³-hybridized carbons (Fsp3) is 0.417. The lowest BCUT2D eigenvalue weighted by molar-refractivity contribution is -0.116. The number of anilines is 1. The Hall–Kier alpha value is -2.45. The molecule has 1 aliphatic carbocycles. The van der Waals surface area contributed by atoms with Crippen LogP contribution in [0.2, 0.25) is 0 Å². The molecular weight excluding hydrogens is 438 g/mol. The highest BCUT2D eigenvalue weighted by atomic mass is 32.2. The summed E-state index contributed by atoms with van der Waals surface area (Å²) in [5, 5.41) is 11.0. The molecule has 0 spiro atoms. The molecule has 0 fully saturated rings. The summed E-state index contributed by atoms with van der Waals surface area (Å²) in [4.78, 5) is 22.5. The molecule has 32 heavy (non-hydrogen) atoms. The second-order valence-corrected chi connectivity index (χ2v) is 10.8. The van der Waals surface area contributed by atoms with Crippen LogP contribution in [-0.4, -0.2) is 37.8 Å². The van der Waals surface area contributed by atoms with Gasteiger partial charge in [-0.25, -0.2) is 4.98 Å². The number of benzene rings is 1. The third kappa shape index (κ3) is 3.15. The van der Waals surface area contributed by atoms with Crippen LogP contribution in [0.4, 0.5) is 5.69 Å². The molecule has 0 saturated carbocycles. The van der Waals surface area contributed by atoms with E-state index in [1.54, 1.807) is 0 Å². The first kappa shape index (κ1) is 20.2. The summed E-state index contributed by atoms with van der Waals surface area (Å²) >= 11 is 3.29. The molecule has 2 aliphatic rings. The Morgan fingerprint density at radius 3 is 3.00 bits per heavy atom. The Bertz CT molecular complexity index is 1360. The Morgan fingerprint density at radius 2 is 2.12 bits per heavy atom. The number of hydrogen-bond donors (Lipinski definition) is 0. The summed E-state index contributed by atoms with van der Waals surface area (Å²) in [5.41, 5.74) is 4.61. The van der Waals surface area contributed by atoms with Gasteiger partial charge in [-0.2, -0.15) is 0 Å². The van der Waals surface area contributed by atoms with Crippen molar-refractivity contribution in [2.24, 2.45) is 5.92 Å². The minimum absolute atomic E-state index is 0.116. The zero-order chi connectivity index (χ0) is 21.8.